The molecule has 0 fully saturated rings. The van der Waals surface area contributed by atoms with Crippen molar-refractivity contribution < 1.29 is 38.8 Å². The summed E-state index contributed by atoms with van der Waals surface area (Å²) >= 11 is 0. The van der Waals surface area contributed by atoms with E-state index in [9.17, 15) is 14.4 Å². The third-order valence-electron chi connectivity index (χ3n) is 5.43. The van der Waals surface area contributed by atoms with Gasteiger partial charge >= 0.3 is 17.9 Å². The Morgan fingerprint density at radius 3 is 1.72 bits per heavy atom. The predicted molar refractivity (Wildman–Crippen MR) is 156 cm³/mol. The van der Waals surface area contributed by atoms with Crippen LogP contribution in [0, 0.1) is 0 Å². The Bertz CT molecular complexity index is 606. The van der Waals surface area contributed by atoms with Crippen LogP contribution in [0.15, 0.2) is 0 Å². The van der Waals surface area contributed by atoms with Gasteiger partial charge in [-0.25, -0.2) is 0 Å². The molecule has 0 bridgehead atoms. The van der Waals surface area contributed by atoms with Gasteiger partial charge in [0, 0.05) is 57.4 Å². The van der Waals surface area contributed by atoms with Crippen LogP contribution in [0.4, 0.5) is 0 Å². The van der Waals surface area contributed by atoms with Crippen LogP contribution in [-0.4, -0.2) is 117 Å². The fourth-order valence-corrected chi connectivity index (χ4v) is 5.05. The number of nitrogens with zero attached hydrogens (tertiary/aromatic N) is 1. The molecule has 0 spiro atoms. The third kappa shape index (κ3) is 28.2. The molecule has 39 heavy (non-hydrogen) atoms. The Morgan fingerprint density at radius 2 is 1.15 bits per heavy atom. The largest absolute Gasteiger partial charge is 0.466 e. The lowest BCUT2D eigenvalue weighted by molar-refractivity contribution is -0.146. The van der Waals surface area contributed by atoms with Crippen molar-refractivity contribution in [3.05, 3.63) is 0 Å². The number of carbonyl (C=O) groups is 3. The molecule has 0 aliphatic rings. The highest BCUT2D eigenvalue weighted by Gasteiger charge is 2.12. The summed E-state index contributed by atoms with van der Waals surface area (Å²) in [5.74, 6) is 1.07. The second-order valence-electron chi connectivity index (χ2n) is 8.86. The van der Waals surface area contributed by atoms with Crippen molar-refractivity contribution in [1.82, 2.24) is 10.2 Å². The number of aliphatic hydroxyl groups excluding tert-OH is 2. The summed E-state index contributed by atoms with van der Waals surface area (Å²) in [7, 11) is 3.51. The van der Waals surface area contributed by atoms with E-state index in [-0.39, 0.29) is 50.6 Å². The van der Waals surface area contributed by atoms with Gasteiger partial charge in [-0.15, -0.1) is 0 Å². The molecule has 0 radical (unpaired) electrons. The fourth-order valence-electron chi connectivity index (χ4n) is 3.25. The number of rotatable bonds is 29. The van der Waals surface area contributed by atoms with Gasteiger partial charge < -0.3 is 40.4 Å². The molecule has 0 aromatic rings. The molecule has 11 nitrogen and oxygen atoms in total. The first kappa shape index (κ1) is 37.9. The molecule has 13 heteroatoms. The smallest absolute Gasteiger partial charge is 0.307 e. The van der Waals surface area contributed by atoms with E-state index in [1.165, 1.54) is 0 Å². The molecule has 0 heterocycles. The quantitative estimate of drug-likeness (QED) is 0.0427. The lowest BCUT2D eigenvalue weighted by Crippen LogP contribution is -2.30. The maximum Gasteiger partial charge on any atom is 0.307 e. The van der Waals surface area contributed by atoms with Crippen LogP contribution in [0.3, 0.4) is 0 Å². The van der Waals surface area contributed by atoms with E-state index < -0.39 is 0 Å². The standard InChI is InChI=1S/C26H51N3O8S2/c27-11-22-38-39-23-13-28-12-8-24(32)35-20-6-7-21-37-26(34)10-16-29(14-2-1-3-17-30)15-9-25(33)36-19-5-4-18-31/h28,30-31H,1-23,27H2. The average molecular weight is 598 g/mol. The van der Waals surface area contributed by atoms with Gasteiger partial charge in [-0.2, -0.15) is 0 Å². The maximum absolute atomic E-state index is 12.2. The summed E-state index contributed by atoms with van der Waals surface area (Å²) < 4.78 is 15.7. The third-order valence-corrected chi connectivity index (χ3v) is 7.87. The topological polar surface area (TPSA) is 161 Å². The molecule has 0 aromatic heterocycles. The zero-order valence-corrected chi connectivity index (χ0v) is 25.1. The van der Waals surface area contributed by atoms with Crippen molar-refractivity contribution in [3.63, 3.8) is 0 Å². The number of esters is 3. The fraction of sp³-hybridized carbons (Fsp3) is 0.885. The van der Waals surface area contributed by atoms with E-state index in [0.29, 0.717) is 71.5 Å². The average Bonchev–Trinajstić information content (AvgIpc) is 2.93. The molecule has 0 amide bonds. The van der Waals surface area contributed by atoms with Crippen LogP contribution in [0.5, 0.6) is 0 Å². The van der Waals surface area contributed by atoms with Crippen LogP contribution in [-0.2, 0) is 28.6 Å². The molecule has 5 N–H and O–H groups in total. The highest BCUT2D eigenvalue weighted by molar-refractivity contribution is 8.76. The Hall–Kier alpha value is -1.09. The molecule has 0 aromatic carbocycles. The molecule has 0 unspecified atom stereocenters. The Balaban J connectivity index is 3.91. The van der Waals surface area contributed by atoms with Crippen molar-refractivity contribution >= 4 is 39.5 Å². The van der Waals surface area contributed by atoms with Gasteiger partial charge in [-0.1, -0.05) is 21.6 Å². The number of hydrogen-bond donors (Lipinski definition) is 4. The minimum atomic E-state index is -0.301. The van der Waals surface area contributed by atoms with Gasteiger partial charge in [0.1, 0.15) is 0 Å². The zero-order chi connectivity index (χ0) is 28.8. The molecular weight excluding hydrogens is 546 g/mol. The second kappa shape index (κ2) is 29.9. The minimum Gasteiger partial charge on any atom is -0.466 e. The van der Waals surface area contributed by atoms with Crippen molar-refractivity contribution in [2.45, 2.75) is 64.2 Å². The zero-order valence-electron chi connectivity index (χ0n) is 23.4. The second-order valence-corrected chi connectivity index (χ2v) is 11.6. The number of hydrogen-bond acceptors (Lipinski definition) is 13. The SMILES string of the molecule is NCCSSCCNCCC(=O)OCCCCOC(=O)CCN(CCCCCO)CCC(=O)OCCCCO. The summed E-state index contributed by atoms with van der Waals surface area (Å²) in [6.45, 7) is 4.89. The summed E-state index contributed by atoms with van der Waals surface area (Å²) in [6.07, 6.45) is 5.71. The number of nitrogens with two attached hydrogens (primary N) is 1. The number of nitrogens with one attached hydrogen (secondary N) is 1. The summed E-state index contributed by atoms with van der Waals surface area (Å²) in [5, 5.41) is 21.0. The highest BCUT2D eigenvalue weighted by Crippen LogP contribution is 2.18. The molecule has 0 atom stereocenters. The summed E-state index contributed by atoms with van der Waals surface area (Å²) in [5.41, 5.74) is 5.43. The van der Waals surface area contributed by atoms with E-state index in [4.69, 9.17) is 30.2 Å². The van der Waals surface area contributed by atoms with E-state index in [1.54, 1.807) is 21.6 Å². The van der Waals surface area contributed by atoms with Crippen LogP contribution in [0.2, 0.25) is 0 Å². The lowest BCUT2D eigenvalue weighted by Gasteiger charge is -2.21. The van der Waals surface area contributed by atoms with Gasteiger partial charge in [-0.3, -0.25) is 14.4 Å². The van der Waals surface area contributed by atoms with Gasteiger partial charge in [0.2, 0.25) is 0 Å². The number of aliphatic hydroxyl groups is 2. The van der Waals surface area contributed by atoms with E-state index in [0.717, 1.165) is 43.9 Å². The number of carbonyl (C=O) groups excluding carboxylic acids is 3. The van der Waals surface area contributed by atoms with Crippen LogP contribution >= 0.6 is 21.6 Å². The van der Waals surface area contributed by atoms with E-state index >= 15 is 0 Å². The molecule has 0 saturated heterocycles. The molecule has 0 saturated carbocycles. The molecule has 0 aliphatic carbocycles. The number of ether oxygens (including phenoxy) is 3. The normalized spacial score (nSPS) is 11.1. The van der Waals surface area contributed by atoms with E-state index in [2.05, 4.69) is 5.32 Å². The molecule has 230 valence electrons. The first-order valence-corrected chi connectivity index (χ1v) is 16.6. The minimum absolute atomic E-state index is 0.0800. The first-order valence-electron chi connectivity index (χ1n) is 14.1. The van der Waals surface area contributed by atoms with Gasteiger partial charge in [-0.05, 0) is 51.5 Å². The van der Waals surface area contributed by atoms with Crippen molar-refractivity contribution in [2.75, 3.05) is 83.8 Å². The Kier molecular flexibility index (Phi) is 29.0. The first-order chi connectivity index (χ1) is 19.0. The van der Waals surface area contributed by atoms with E-state index in [1.807, 2.05) is 4.90 Å². The van der Waals surface area contributed by atoms with Crippen molar-refractivity contribution in [3.8, 4) is 0 Å². The molecule has 0 rings (SSSR count). The monoisotopic (exact) mass is 597 g/mol. The highest BCUT2D eigenvalue weighted by atomic mass is 33.1. The predicted octanol–water partition coefficient (Wildman–Crippen LogP) is 1.73. The van der Waals surface area contributed by atoms with Crippen molar-refractivity contribution in [2.24, 2.45) is 5.73 Å². The molecule has 0 aliphatic heterocycles. The lowest BCUT2D eigenvalue weighted by atomic mass is 10.2. The maximum atomic E-state index is 12.2. The Labute approximate surface area is 242 Å². The van der Waals surface area contributed by atoms with Gasteiger partial charge in [0.05, 0.1) is 39.1 Å². The van der Waals surface area contributed by atoms with Crippen LogP contribution in [0.25, 0.3) is 0 Å². The Morgan fingerprint density at radius 1 is 0.641 bits per heavy atom. The van der Waals surface area contributed by atoms with Crippen LogP contribution < -0.4 is 11.1 Å². The van der Waals surface area contributed by atoms with Crippen LogP contribution in [0.1, 0.15) is 64.2 Å². The van der Waals surface area contributed by atoms with Gasteiger partial charge in [0.25, 0.3) is 0 Å². The molecular formula is C26H51N3O8S2. The summed E-state index contributed by atoms with van der Waals surface area (Å²) in [6, 6.07) is 0. The number of unbranched alkanes of at least 4 members (excludes halogenated alkanes) is 4. The van der Waals surface area contributed by atoms with Crippen molar-refractivity contribution in [1.29, 1.82) is 0 Å². The van der Waals surface area contributed by atoms with Gasteiger partial charge in [0.15, 0.2) is 0 Å². The summed E-state index contributed by atoms with van der Waals surface area (Å²) in [4.78, 5) is 37.9.